The average Bonchev–Trinajstić information content (AvgIpc) is 3.27. The number of amides is 1. The molecule has 1 fully saturated rings. The van der Waals surface area contributed by atoms with Crippen LogP contribution >= 0.6 is 0 Å². The highest BCUT2D eigenvalue weighted by atomic mass is 19.1. The van der Waals surface area contributed by atoms with Gasteiger partial charge in [0.25, 0.3) is 0 Å². The van der Waals surface area contributed by atoms with Crippen LogP contribution in [0.1, 0.15) is 53.0 Å². The summed E-state index contributed by atoms with van der Waals surface area (Å²) in [4.78, 5) is 21.5. The lowest BCUT2D eigenvalue weighted by Gasteiger charge is -2.38. The Kier molecular flexibility index (Phi) is 8.77. The zero-order valence-electron chi connectivity index (χ0n) is 23.9. The molecule has 8 nitrogen and oxygen atoms in total. The van der Waals surface area contributed by atoms with Gasteiger partial charge in [-0.1, -0.05) is 26.0 Å². The van der Waals surface area contributed by atoms with E-state index in [4.69, 9.17) is 19.6 Å². The molecule has 0 N–H and O–H groups in total. The Hall–Kier alpha value is -3.62. The number of hydrogen-bond donors (Lipinski definition) is 0. The second kappa shape index (κ2) is 12.1. The number of likely N-dealkylation sites (tertiary alicyclic amines) is 1. The lowest BCUT2D eigenvalue weighted by molar-refractivity contribution is 0.0204. The van der Waals surface area contributed by atoms with Crippen LogP contribution in [0.4, 0.5) is 15.1 Å². The highest BCUT2D eigenvalue weighted by molar-refractivity contribution is 5.68. The molecule has 0 atom stereocenters. The van der Waals surface area contributed by atoms with Crippen molar-refractivity contribution in [3.8, 4) is 17.1 Å². The topological polar surface area (TPSA) is 72.7 Å². The highest BCUT2D eigenvalue weighted by Gasteiger charge is 2.31. The minimum Gasteiger partial charge on any atom is -0.493 e. The molecular weight excluding hydrogens is 497 g/mol. The van der Waals surface area contributed by atoms with Crippen molar-refractivity contribution in [3.05, 3.63) is 59.9 Å². The summed E-state index contributed by atoms with van der Waals surface area (Å²) in [6, 6.07) is 14.5. The Morgan fingerprint density at radius 3 is 2.31 bits per heavy atom. The molecule has 39 heavy (non-hydrogen) atoms. The molecule has 1 aromatic heterocycles. The van der Waals surface area contributed by atoms with Crippen LogP contribution in [0.3, 0.4) is 0 Å². The van der Waals surface area contributed by atoms with Gasteiger partial charge in [0, 0.05) is 38.3 Å². The minimum absolute atomic E-state index is 0.107. The molecule has 210 valence electrons. The number of hydrogen-bond acceptors (Lipinski definition) is 6. The number of halogens is 1. The van der Waals surface area contributed by atoms with Crippen LogP contribution in [-0.2, 0) is 18.3 Å². The van der Waals surface area contributed by atoms with Gasteiger partial charge in [0.1, 0.15) is 17.2 Å². The molecular formula is C30H40FN5O3. The van der Waals surface area contributed by atoms with Crippen molar-refractivity contribution >= 4 is 12.0 Å². The van der Waals surface area contributed by atoms with Crippen LogP contribution in [-0.4, -0.2) is 57.1 Å². The van der Waals surface area contributed by atoms with Crippen molar-refractivity contribution < 1.29 is 18.7 Å². The molecule has 0 saturated carbocycles. The fourth-order valence-electron chi connectivity index (χ4n) is 4.54. The summed E-state index contributed by atoms with van der Waals surface area (Å²) in [5.41, 5.74) is 1.37. The van der Waals surface area contributed by atoms with E-state index in [-0.39, 0.29) is 18.0 Å². The summed E-state index contributed by atoms with van der Waals surface area (Å²) in [6.45, 7) is 12.2. The van der Waals surface area contributed by atoms with Crippen molar-refractivity contribution in [3.63, 3.8) is 0 Å². The van der Waals surface area contributed by atoms with Crippen molar-refractivity contribution in [1.29, 1.82) is 0 Å². The van der Waals surface area contributed by atoms with Gasteiger partial charge in [-0.05, 0) is 81.5 Å². The number of rotatable bonds is 8. The summed E-state index contributed by atoms with van der Waals surface area (Å²) in [6.07, 6.45) is 1.20. The molecule has 2 aromatic carbocycles. The second-order valence-electron chi connectivity index (χ2n) is 11.5. The summed E-state index contributed by atoms with van der Waals surface area (Å²) in [5.74, 6) is 2.36. The number of piperidine rings is 1. The van der Waals surface area contributed by atoms with E-state index >= 15 is 0 Å². The average molecular weight is 538 g/mol. The number of carbonyl (C=O) groups is 1. The maximum absolute atomic E-state index is 13.6. The van der Waals surface area contributed by atoms with E-state index in [0.717, 1.165) is 35.5 Å². The zero-order valence-corrected chi connectivity index (χ0v) is 23.9. The number of anilines is 1. The van der Waals surface area contributed by atoms with Crippen molar-refractivity contribution in [2.45, 2.75) is 65.6 Å². The smallest absolute Gasteiger partial charge is 0.410 e. The highest BCUT2D eigenvalue weighted by Crippen LogP contribution is 2.28. The molecule has 1 amide bonds. The van der Waals surface area contributed by atoms with Gasteiger partial charge in [-0.2, -0.15) is 4.98 Å². The van der Waals surface area contributed by atoms with E-state index in [1.807, 2.05) is 52.1 Å². The Labute approximate surface area is 230 Å². The minimum atomic E-state index is -0.532. The van der Waals surface area contributed by atoms with E-state index in [1.165, 1.54) is 12.1 Å². The molecule has 1 saturated heterocycles. The number of carbonyl (C=O) groups excluding carboxylic acids is 1. The first-order valence-electron chi connectivity index (χ1n) is 13.6. The first-order valence-corrected chi connectivity index (χ1v) is 13.6. The maximum Gasteiger partial charge on any atom is 0.410 e. The van der Waals surface area contributed by atoms with Crippen molar-refractivity contribution in [2.24, 2.45) is 13.0 Å². The third-order valence-corrected chi connectivity index (χ3v) is 6.53. The lowest BCUT2D eigenvalue weighted by Crippen LogP contribution is -2.48. The van der Waals surface area contributed by atoms with E-state index in [2.05, 4.69) is 18.7 Å². The van der Waals surface area contributed by atoms with Crippen LogP contribution < -0.4 is 9.64 Å². The molecule has 3 aromatic rings. The van der Waals surface area contributed by atoms with Gasteiger partial charge < -0.3 is 19.3 Å². The molecule has 0 bridgehead atoms. The van der Waals surface area contributed by atoms with Gasteiger partial charge in [-0.3, -0.25) is 0 Å². The second-order valence-corrected chi connectivity index (χ2v) is 11.5. The van der Waals surface area contributed by atoms with E-state index in [0.29, 0.717) is 38.1 Å². The molecule has 0 unspecified atom stereocenters. The maximum atomic E-state index is 13.6. The fraction of sp³-hybridized carbons (Fsp3) is 0.500. The fourth-order valence-corrected chi connectivity index (χ4v) is 4.54. The monoisotopic (exact) mass is 537 g/mol. The van der Waals surface area contributed by atoms with Crippen LogP contribution in [0.25, 0.3) is 11.4 Å². The Morgan fingerprint density at radius 2 is 1.72 bits per heavy atom. The lowest BCUT2D eigenvalue weighted by atomic mass is 10.0. The number of aromatic nitrogens is 3. The summed E-state index contributed by atoms with van der Waals surface area (Å²) < 4.78 is 26.8. The van der Waals surface area contributed by atoms with Crippen LogP contribution in [0.15, 0.2) is 48.5 Å². The molecule has 0 radical (unpaired) electrons. The molecule has 4 rings (SSSR count). The van der Waals surface area contributed by atoms with Gasteiger partial charge in [-0.15, -0.1) is 5.10 Å². The van der Waals surface area contributed by atoms with E-state index in [9.17, 15) is 9.18 Å². The Bertz CT molecular complexity index is 1230. The SMILES string of the molecule is CC(C)COc1ccc(-c2nc(N(Cc3ccc(F)cc3)C3CCN(C(=O)OC(C)(C)C)CC3)nn2C)cc1. The number of ether oxygens (including phenoxy) is 2. The first-order chi connectivity index (χ1) is 18.5. The van der Waals surface area contributed by atoms with Crippen LogP contribution in [0, 0.1) is 11.7 Å². The zero-order chi connectivity index (χ0) is 28.2. The number of nitrogens with zero attached hydrogens (tertiary/aromatic N) is 5. The quantitative estimate of drug-likeness (QED) is 0.348. The standard InChI is InChI=1S/C30H40FN5O3/c1-21(2)20-38-26-13-9-23(10-14-26)27-32-28(33-34(27)6)36(19-22-7-11-24(31)12-8-22)25-15-17-35(18-16-25)29(37)39-30(3,4)5/h7-14,21,25H,15-20H2,1-6H3. The number of aryl methyl sites for hydroxylation is 1. The van der Waals surface area contributed by atoms with Gasteiger partial charge in [0.05, 0.1) is 6.61 Å². The Balaban J connectivity index is 1.54. The molecule has 0 spiro atoms. The predicted molar refractivity (Wildman–Crippen MR) is 150 cm³/mol. The van der Waals surface area contributed by atoms with Crippen molar-refractivity contribution in [2.75, 3.05) is 24.6 Å². The summed E-state index contributed by atoms with van der Waals surface area (Å²) in [5, 5.41) is 4.78. The molecule has 2 heterocycles. The van der Waals surface area contributed by atoms with Crippen LogP contribution in [0.5, 0.6) is 5.75 Å². The number of benzene rings is 2. The van der Waals surface area contributed by atoms with Crippen LogP contribution in [0.2, 0.25) is 0 Å². The Morgan fingerprint density at radius 1 is 1.08 bits per heavy atom. The van der Waals surface area contributed by atoms with Gasteiger partial charge in [0.15, 0.2) is 5.82 Å². The predicted octanol–water partition coefficient (Wildman–Crippen LogP) is 6.06. The molecule has 0 aliphatic carbocycles. The van der Waals surface area contributed by atoms with Gasteiger partial charge in [-0.25, -0.2) is 13.9 Å². The third-order valence-electron chi connectivity index (χ3n) is 6.53. The van der Waals surface area contributed by atoms with Gasteiger partial charge >= 0.3 is 6.09 Å². The molecule has 1 aliphatic rings. The van der Waals surface area contributed by atoms with E-state index < -0.39 is 5.60 Å². The summed E-state index contributed by atoms with van der Waals surface area (Å²) >= 11 is 0. The third kappa shape index (κ3) is 7.71. The summed E-state index contributed by atoms with van der Waals surface area (Å²) in [7, 11) is 1.89. The van der Waals surface area contributed by atoms with E-state index in [1.54, 1.807) is 21.7 Å². The normalized spacial score (nSPS) is 14.5. The largest absolute Gasteiger partial charge is 0.493 e. The van der Waals surface area contributed by atoms with Crippen molar-refractivity contribution in [1.82, 2.24) is 19.7 Å². The molecule has 1 aliphatic heterocycles. The van der Waals surface area contributed by atoms with Gasteiger partial charge in [0.2, 0.25) is 5.95 Å². The first kappa shape index (κ1) is 28.4. The molecule has 9 heteroatoms.